The molecule has 1 amide bonds. The molecule has 2 aromatic heterocycles. The van der Waals surface area contributed by atoms with Crippen LogP contribution in [0.4, 0.5) is 5.13 Å². The molecule has 9 heteroatoms. The number of carbonyl (C=O) groups excluding carboxylic acids is 1. The molecule has 0 unspecified atom stereocenters. The van der Waals surface area contributed by atoms with Gasteiger partial charge in [-0.25, -0.2) is 4.98 Å². The van der Waals surface area contributed by atoms with Crippen LogP contribution in [-0.4, -0.2) is 38.9 Å². The van der Waals surface area contributed by atoms with Crippen LogP contribution in [0.15, 0.2) is 35.6 Å². The number of aromatic nitrogens is 4. The normalized spacial score (nSPS) is 10.6. The number of amides is 1. The molecule has 124 valence electrons. The Balaban J connectivity index is 1.56. The van der Waals surface area contributed by atoms with Gasteiger partial charge in [-0.05, 0) is 31.2 Å². The maximum atomic E-state index is 11.9. The second-order valence-corrected chi connectivity index (χ2v) is 7.02. The van der Waals surface area contributed by atoms with Gasteiger partial charge in [0.1, 0.15) is 5.75 Å². The number of thioether (sulfide) groups is 1. The summed E-state index contributed by atoms with van der Waals surface area (Å²) in [5.74, 6) is 1.53. The summed E-state index contributed by atoms with van der Waals surface area (Å²) < 4.78 is 5.13. The van der Waals surface area contributed by atoms with Gasteiger partial charge in [-0.1, -0.05) is 11.8 Å². The average Bonchev–Trinajstić information content (AvgIpc) is 3.22. The van der Waals surface area contributed by atoms with E-state index in [1.807, 2.05) is 31.2 Å². The van der Waals surface area contributed by atoms with Crippen molar-refractivity contribution in [2.24, 2.45) is 0 Å². The zero-order valence-electron chi connectivity index (χ0n) is 13.1. The van der Waals surface area contributed by atoms with E-state index in [-0.39, 0.29) is 11.7 Å². The number of nitrogens with zero attached hydrogens (tertiary/aromatic N) is 3. The average molecular weight is 361 g/mol. The Morgan fingerprint density at radius 3 is 2.79 bits per heavy atom. The van der Waals surface area contributed by atoms with Gasteiger partial charge in [-0.2, -0.15) is 0 Å². The third-order valence-corrected chi connectivity index (χ3v) is 4.73. The molecule has 3 aromatic rings. The van der Waals surface area contributed by atoms with Gasteiger partial charge in [0.2, 0.25) is 5.91 Å². The van der Waals surface area contributed by atoms with Gasteiger partial charge in [-0.15, -0.1) is 21.5 Å². The minimum Gasteiger partial charge on any atom is -0.497 e. The summed E-state index contributed by atoms with van der Waals surface area (Å²) in [6, 6.07) is 7.50. The molecule has 0 spiro atoms. The molecule has 2 N–H and O–H groups in total. The van der Waals surface area contributed by atoms with Crippen LogP contribution >= 0.6 is 23.1 Å². The summed E-state index contributed by atoms with van der Waals surface area (Å²) in [4.78, 5) is 20.2. The molecule has 0 aliphatic carbocycles. The Morgan fingerprint density at radius 2 is 2.12 bits per heavy atom. The molecule has 0 radical (unpaired) electrons. The van der Waals surface area contributed by atoms with Crippen LogP contribution in [0, 0.1) is 6.92 Å². The number of benzene rings is 1. The van der Waals surface area contributed by atoms with Crippen molar-refractivity contribution >= 4 is 34.1 Å². The predicted octanol–water partition coefficient (Wildman–Crippen LogP) is 2.98. The fraction of sp³-hybridized carbons (Fsp3) is 0.200. The van der Waals surface area contributed by atoms with Gasteiger partial charge in [0.25, 0.3) is 0 Å². The molecule has 0 aliphatic rings. The molecule has 24 heavy (non-hydrogen) atoms. The number of aromatic amines is 1. The second kappa shape index (κ2) is 7.45. The number of anilines is 1. The largest absolute Gasteiger partial charge is 0.497 e. The van der Waals surface area contributed by atoms with Crippen molar-refractivity contribution < 1.29 is 9.53 Å². The minimum atomic E-state index is -0.128. The van der Waals surface area contributed by atoms with Crippen LogP contribution in [-0.2, 0) is 4.79 Å². The Kier molecular flexibility index (Phi) is 5.11. The lowest BCUT2D eigenvalue weighted by Crippen LogP contribution is -2.13. The van der Waals surface area contributed by atoms with Gasteiger partial charge in [0.05, 0.1) is 12.9 Å². The SMILES string of the molecule is COc1ccc(-c2nnc(SCC(=O)Nc3ncc(C)s3)[nH]2)cc1. The maximum absolute atomic E-state index is 11.9. The highest BCUT2D eigenvalue weighted by atomic mass is 32.2. The van der Waals surface area contributed by atoms with Gasteiger partial charge in [0.15, 0.2) is 16.1 Å². The summed E-state index contributed by atoms with van der Waals surface area (Å²) in [5.41, 5.74) is 0.901. The highest BCUT2D eigenvalue weighted by Crippen LogP contribution is 2.22. The maximum Gasteiger partial charge on any atom is 0.236 e. The van der Waals surface area contributed by atoms with Crippen molar-refractivity contribution in [1.82, 2.24) is 20.2 Å². The number of rotatable bonds is 6. The molecule has 0 fully saturated rings. The first kappa shape index (κ1) is 16.5. The molecule has 0 aliphatic heterocycles. The van der Waals surface area contributed by atoms with Gasteiger partial charge < -0.3 is 15.0 Å². The number of hydrogen-bond donors (Lipinski definition) is 2. The topological polar surface area (TPSA) is 92.8 Å². The molecular weight excluding hydrogens is 346 g/mol. The number of methoxy groups -OCH3 is 1. The number of nitrogens with one attached hydrogen (secondary N) is 2. The molecular formula is C15H15N5O2S2. The number of thiazole rings is 1. The number of H-pyrrole nitrogens is 1. The summed E-state index contributed by atoms with van der Waals surface area (Å²) in [7, 11) is 1.62. The number of ether oxygens (including phenoxy) is 1. The van der Waals surface area contributed by atoms with Crippen LogP contribution < -0.4 is 10.1 Å². The molecule has 3 rings (SSSR count). The molecule has 0 atom stereocenters. The lowest BCUT2D eigenvalue weighted by atomic mass is 10.2. The molecule has 2 heterocycles. The first-order valence-electron chi connectivity index (χ1n) is 7.06. The lowest BCUT2D eigenvalue weighted by Gasteiger charge is -2.00. The quantitative estimate of drug-likeness (QED) is 0.656. The molecule has 0 saturated heterocycles. The number of aryl methyl sites for hydroxylation is 1. The van der Waals surface area contributed by atoms with Crippen molar-refractivity contribution in [3.8, 4) is 17.1 Å². The summed E-state index contributed by atoms with van der Waals surface area (Å²) in [6.45, 7) is 1.94. The van der Waals surface area contributed by atoms with Crippen molar-refractivity contribution in [1.29, 1.82) is 0 Å². The standard InChI is InChI=1S/C15H15N5O2S2/c1-9-7-16-14(24-9)17-12(21)8-23-15-18-13(19-20-15)10-3-5-11(22-2)6-4-10/h3-7H,8H2,1-2H3,(H,16,17,21)(H,18,19,20). The van der Waals surface area contributed by atoms with E-state index in [4.69, 9.17) is 4.74 Å². The van der Waals surface area contributed by atoms with E-state index in [0.717, 1.165) is 16.2 Å². The summed E-state index contributed by atoms with van der Waals surface area (Å²) >= 11 is 2.73. The number of carbonyl (C=O) groups is 1. The van der Waals surface area contributed by atoms with Crippen molar-refractivity contribution in [3.05, 3.63) is 35.3 Å². The second-order valence-electron chi connectivity index (χ2n) is 4.82. The Morgan fingerprint density at radius 1 is 1.33 bits per heavy atom. The Bertz CT molecular complexity index is 829. The third-order valence-electron chi connectivity index (χ3n) is 3.04. The highest BCUT2D eigenvalue weighted by Gasteiger charge is 2.10. The van der Waals surface area contributed by atoms with E-state index in [2.05, 4.69) is 25.5 Å². The Labute approximate surface area is 146 Å². The molecule has 7 nitrogen and oxygen atoms in total. The van der Waals surface area contributed by atoms with Crippen molar-refractivity contribution in [2.75, 3.05) is 18.2 Å². The van der Waals surface area contributed by atoms with E-state index in [0.29, 0.717) is 16.1 Å². The smallest absolute Gasteiger partial charge is 0.236 e. The first-order valence-corrected chi connectivity index (χ1v) is 8.86. The number of hydrogen-bond acceptors (Lipinski definition) is 7. The lowest BCUT2D eigenvalue weighted by molar-refractivity contribution is -0.113. The van der Waals surface area contributed by atoms with Crippen LogP contribution in [0.1, 0.15) is 4.88 Å². The van der Waals surface area contributed by atoms with Gasteiger partial charge in [0, 0.05) is 16.6 Å². The zero-order chi connectivity index (χ0) is 16.9. The van der Waals surface area contributed by atoms with Crippen molar-refractivity contribution in [3.63, 3.8) is 0 Å². The predicted molar refractivity (Wildman–Crippen MR) is 94.6 cm³/mol. The molecule has 0 saturated carbocycles. The van der Waals surface area contributed by atoms with E-state index < -0.39 is 0 Å². The first-order chi connectivity index (χ1) is 11.6. The third kappa shape index (κ3) is 4.12. The van der Waals surface area contributed by atoms with E-state index in [9.17, 15) is 4.79 Å². The molecule has 1 aromatic carbocycles. The summed E-state index contributed by atoms with van der Waals surface area (Å²) in [6.07, 6.45) is 1.73. The van der Waals surface area contributed by atoms with Gasteiger partial charge >= 0.3 is 0 Å². The fourth-order valence-electron chi connectivity index (χ4n) is 1.89. The molecule has 0 bridgehead atoms. The monoisotopic (exact) mass is 361 g/mol. The fourth-order valence-corrected chi connectivity index (χ4v) is 3.18. The minimum absolute atomic E-state index is 0.128. The van der Waals surface area contributed by atoms with Crippen LogP contribution in [0.25, 0.3) is 11.4 Å². The van der Waals surface area contributed by atoms with Crippen LogP contribution in [0.3, 0.4) is 0 Å². The Hall–Kier alpha value is -2.39. The van der Waals surface area contributed by atoms with E-state index in [1.165, 1.54) is 23.1 Å². The van der Waals surface area contributed by atoms with E-state index in [1.54, 1.807) is 13.3 Å². The zero-order valence-corrected chi connectivity index (χ0v) is 14.7. The van der Waals surface area contributed by atoms with Gasteiger partial charge in [-0.3, -0.25) is 4.79 Å². The highest BCUT2D eigenvalue weighted by molar-refractivity contribution is 7.99. The van der Waals surface area contributed by atoms with Crippen LogP contribution in [0.5, 0.6) is 5.75 Å². The van der Waals surface area contributed by atoms with E-state index >= 15 is 0 Å². The van der Waals surface area contributed by atoms with Crippen molar-refractivity contribution in [2.45, 2.75) is 12.1 Å². The summed E-state index contributed by atoms with van der Waals surface area (Å²) in [5, 5.41) is 12.1. The van der Waals surface area contributed by atoms with Crippen LogP contribution in [0.2, 0.25) is 0 Å².